The van der Waals surface area contributed by atoms with E-state index in [4.69, 9.17) is 10.7 Å². The SMILES string of the molecule is Cc1ccc(Br)cc1CCS(=O)(=O)Cl. The van der Waals surface area contributed by atoms with Gasteiger partial charge < -0.3 is 0 Å². The molecule has 1 aromatic carbocycles. The quantitative estimate of drug-likeness (QED) is 0.804. The van der Waals surface area contributed by atoms with Crippen LogP contribution in [0.2, 0.25) is 0 Å². The third kappa shape index (κ3) is 3.98. The van der Waals surface area contributed by atoms with Gasteiger partial charge in [0.1, 0.15) is 0 Å². The summed E-state index contributed by atoms with van der Waals surface area (Å²) in [7, 11) is 1.74. The van der Waals surface area contributed by atoms with Crippen molar-refractivity contribution < 1.29 is 8.42 Å². The van der Waals surface area contributed by atoms with Crippen LogP contribution in [0.5, 0.6) is 0 Å². The molecule has 5 heteroatoms. The van der Waals surface area contributed by atoms with Gasteiger partial charge in [0.2, 0.25) is 9.05 Å². The predicted octanol–water partition coefficient (Wildman–Crippen LogP) is 2.87. The molecule has 0 saturated heterocycles. The smallest absolute Gasteiger partial charge is 0.212 e. The first-order chi connectivity index (χ1) is 6.38. The number of hydrogen-bond acceptors (Lipinski definition) is 2. The molecule has 0 aliphatic heterocycles. The van der Waals surface area contributed by atoms with Crippen LogP contribution in [0.25, 0.3) is 0 Å². The minimum Gasteiger partial charge on any atom is -0.212 e. The summed E-state index contributed by atoms with van der Waals surface area (Å²) < 4.78 is 22.5. The van der Waals surface area contributed by atoms with Crippen LogP contribution in [0.1, 0.15) is 11.1 Å². The zero-order chi connectivity index (χ0) is 10.8. The van der Waals surface area contributed by atoms with E-state index in [1.165, 1.54) is 0 Å². The first-order valence-corrected chi connectivity index (χ1v) is 7.33. The number of aryl methyl sites for hydroxylation is 2. The molecule has 0 fully saturated rings. The Balaban J connectivity index is 2.81. The molecule has 1 aromatic rings. The van der Waals surface area contributed by atoms with Crippen molar-refractivity contribution in [2.24, 2.45) is 0 Å². The second-order valence-corrected chi connectivity index (χ2v) is 6.88. The van der Waals surface area contributed by atoms with E-state index in [1.54, 1.807) is 0 Å². The largest absolute Gasteiger partial charge is 0.232 e. The van der Waals surface area contributed by atoms with Crippen LogP contribution in [-0.4, -0.2) is 14.2 Å². The van der Waals surface area contributed by atoms with Crippen molar-refractivity contribution in [1.29, 1.82) is 0 Å². The molecular formula is C9H10BrClO2S. The summed E-state index contributed by atoms with van der Waals surface area (Å²) in [5.74, 6) is -0.0220. The zero-order valence-electron chi connectivity index (χ0n) is 7.63. The topological polar surface area (TPSA) is 34.1 Å². The van der Waals surface area contributed by atoms with Crippen molar-refractivity contribution in [3.05, 3.63) is 33.8 Å². The van der Waals surface area contributed by atoms with Crippen LogP contribution in [0, 0.1) is 6.92 Å². The number of halogens is 2. The number of rotatable bonds is 3. The van der Waals surface area contributed by atoms with Gasteiger partial charge in [-0.1, -0.05) is 22.0 Å². The highest BCUT2D eigenvalue weighted by atomic mass is 79.9. The van der Waals surface area contributed by atoms with Crippen molar-refractivity contribution in [3.63, 3.8) is 0 Å². The summed E-state index contributed by atoms with van der Waals surface area (Å²) in [6.45, 7) is 1.95. The fourth-order valence-electron chi connectivity index (χ4n) is 1.14. The molecule has 14 heavy (non-hydrogen) atoms. The van der Waals surface area contributed by atoms with Crippen LogP contribution in [0.4, 0.5) is 0 Å². The molecule has 0 unspecified atom stereocenters. The standard InChI is InChI=1S/C9H10BrClO2S/c1-7-2-3-9(10)6-8(7)4-5-14(11,12)13/h2-3,6H,4-5H2,1H3. The lowest BCUT2D eigenvalue weighted by Crippen LogP contribution is -2.02. The number of hydrogen-bond donors (Lipinski definition) is 0. The fourth-order valence-corrected chi connectivity index (χ4v) is 2.24. The average Bonchev–Trinajstić information content (AvgIpc) is 2.05. The van der Waals surface area contributed by atoms with Gasteiger partial charge in [-0.2, -0.15) is 0 Å². The molecule has 0 heterocycles. The summed E-state index contributed by atoms with van der Waals surface area (Å²) in [6.07, 6.45) is 0.455. The molecule has 0 amide bonds. The summed E-state index contributed by atoms with van der Waals surface area (Å²) >= 11 is 3.33. The molecule has 2 nitrogen and oxygen atoms in total. The Morgan fingerprint density at radius 1 is 1.43 bits per heavy atom. The monoisotopic (exact) mass is 296 g/mol. The summed E-state index contributed by atoms with van der Waals surface area (Å²) in [5, 5.41) is 0. The molecule has 0 aliphatic carbocycles. The van der Waals surface area contributed by atoms with E-state index < -0.39 is 9.05 Å². The highest BCUT2D eigenvalue weighted by Gasteiger charge is 2.07. The van der Waals surface area contributed by atoms with Crippen molar-refractivity contribution in [1.82, 2.24) is 0 Å². The van der Waals surface area contributed by atoms with Crippen LogP contribution >= 0.6 is 26.6 Å². The van der Waals surface area contributed by atoms with E-state index in [0.29, 0.717) is 6.42 Å². The Morgan fingerprint density at radius 2 is 2.07 bits per heavy atom. The van der Waals surface area contributed by atoms with Crippen molar-refractivity contribution in [2.75, 3.05) is 5.75 Å². The molecule has 1 rings (SSSR count). The van der Waals surface area contributed by atoms with E-state index in [-0.39, 0.29) is 5.75 Å². The lowest BCUT2D eigenvalue weighted by Gasteiger charge is -2.04. The van der Waals surface area contributed by atoms with Crippen LogP contribution < -0.4 is 0 Å². The first kappa shape index (κ1) is 12.0. The van der Waals surface area contributed by atoms with Gasteiger partial charge in [0.05, 0.1) is 5.75 Å². The third-order valence-corrected chi connectivity index (χ3v) is 3.57. The summed E-state index contributed by atoms with van der Waals surface area (Å²) in [5.41, 5.74) is 2.08. The molecular weight excluding hydrogens is 288 g/mol. The molecule has 0 atom stereocenters. The van der Waals surface area contributed by atoms with Gasteiger partial charge >= 0.3 is 0 Å². The van der Waals surface area contributed by atoms with Gasteiger partial charge in [0.15, 0.2) is 0 Å². The van der Waals surface area contributed by atoms with E-state index in [9.17, 15) is 8.42 Å². The van der Waals surface area contributed by atoms with Crippen LogP contribution in [-0.2, 0) is 15.5 Å². The van der Waals surface area contributed by atoms with E-state index in [1.807, 2.05) is 25.1 Å². The Kier molecular flexibility index (Phi) is 3.98. The molecule has 0 radical (unpaired) electrons. The third-order valence-electron chi connectivity index (χ3n) is 1.93. The minimum atomic E-state index is -3.40. The van der Waals surface area contributed by atoms with E-state index >= 15 is 0 Å². The van der Waals surface area contributed by atoms with Gasteiger partial charge in [-0.3, -0.25) is 0 Å². The second-order valence-electron chi connectivity index (χ2n) is 3.06. The summed E-state index contributed by atoms with van der Waals surface area (Å²) in [6, 6.07) is 5.78. The van der Waals surface area contributed by atoms with Gasteiger partial charge in [0, 0.05) is 15.2 Å². The van der Waals surface area contributed by atoms with Gasteiger partial charge in [-0.15, -0.1) is 0 Å². The van der Waals surface area contributed by atoms with Crippen LogP contribution in [0.15, 0.2) is 22.7 Å². The molecule has 78 valence electrons. The zero-order valence-corrected chi connectivity index (χ0v) is 10.8. The average molecular weight is 298 g/mol. The van der Waals surface area contributed by atoms with Crippen molar-refractivity contribution >= 4 is 35.7 Å². The first-order valence-electron chi connectivity index (χ1n) is 4.06. The Labute approximate surface area is 96.8 Å². The second kappa shape index (κ2) is 4.64. The molecule has 0 N–H and O–H groups in total. The van der Waals surface area contributed by atoms with Crippen molar-refractivity contribution in [2.45, 2.75) is 13.3 Å². The summed E-state index contributed by atoms with van der Waals surface area (Å²) in [4.78, 5) is 0. The van der Waals surface area contributed by atoms with E-state index in [0.717, 1.165) is 15.6 Å². The Bertz CT molecular complexity index is 428. The van der Waals surface area contributed by atoms with Crippen molar-refractivity contribution in [3.8, 4) is 0 Å². The maximum Gasteiger partial charge on any atom is 0.232 e. The number of benzene rings is 1. The maximum atomic E-state index is 10.8. The Hall–Kier alpha value is -0.0600. The highest BCUT2D eigenvalue weighted by molar-refractivity contribution is 9.10. The lowest BCUT2D eigenvalue weighted by molar-refractivity contribution is 0.609. The van der Waals surface area contributed by atoms with E-state index in [2.05, 4.69) is 15.9 Å². The molecule has 0 aromatic heterocycles. The molecule has 0 spiro atoms. The Morgan fingerprint density at radius 3 is 2.64 bits per heavy atom. The normalized spacial score (nSPS) is 11.6. The van der Waals surface area contributed by atoms with Gasteiger partial charge in [0.25, 0.3) is 0 Å². The van der Waals surface area contributed by atoms with Crippen LogP contribution in [0.3, 0.4) is 0 Å². The molecule has 0 aliphatic rings. The molecule has 0 bridgehead atoms. The molecule has 0 saturated carbocycles. The predicted molar refractivity (Wildman–Crippen MR) is 62.2 cm³/mol. The maximum absolute atomic E-state index is 10.8. The van der Waals surface area contributed by atoms with Gasteiger partial charge in [-0.05, 0) is 36.6 Å². The fraction of sp³-hybridized carbons (Fsp3) is 0.333. The minimum absolute atomic E-state index is 0.0220. The lowest BCUT2D eigenvalue weighted by atomic mass is 10.1. The highest BCUT2D eigenvalue weighted by Crippen LogP contribution is 2.17. The van der Waals surface area contributed by atoms with Gasteiger partial charge in [-0.25, -0.2) is 8.42 Å².